The number of piperidine rings is 1. The van der Waals surface area contributed by atoms with E-state index in [1.54, 1.807) is 12.0 Å². The molecule has 1 aliphatic heterocycles. The van der Waals surface area contributed by atoms with Gasteiger partial charge in [-0.15, -0.1) is 0 Å². The van der Waals surface area contributed by atoms with Gasteiger partial charge in [0.2, 0.25) is 12.3 Å². The molecule has 5 nitrogen and oxygen atoms in total. The van der Waals surface area contributed by atoms with Crippen LogP contribution in [0, 0.1) is 0 Å². The Kier molecular flexibility index (Phi) is 6.60. The van der Waals surface area contributed by atoms with E-state index in [4.69, 9.17) is 4.74 Å². The van der Waals surface area contributed by atoms with Gasteiger partial charge in [0.15, 0.2) is 0 Å². The van der Waals surface area contributed by atoms with Crippen LogP contribution in [-0.2, 0) is 14.3 Å². The van der Waals surface area contributed by atoms with Crippen LogP contribution in [0.15, 0.2) is 60.7 Å². The molecule has 1 N–H and O–H groups in total. The van der Waals surface area contributed by atoms with E-state index in [1.807, 2.05) is 60.7 Å². The molecule has 27 heavy (non-hydrogen) atoms. The van der Waals surface area contributed by atoms with Crippen LogP contribution >= 0.6 is 0 Å². The smallest absolute Gasteiger partial charge is 0.243 e. The SMILES string of the molecule is CO[C@@H](c1ccccc1)[C@@H](NC(=O)[C@@H]1CCCCN1C=O)c1ccccc1. The Bertz CT molecular complexity index is 736. The first kappa shape index (κ1) is 19.1. The fraction of sp³-hybridized carbons (Fsp3) is 0.364. The van der Waals surface area contributed by atoms with E-state index in [1.165, 1.54) is 0 Å². The van der Waals surface area contributed by atoms with Crippen molar-refractivity contribution in [3.63, 3.8) is 0 Å². The van der Waals surface area contributed by atoms with Crippen LogP contribution in [0.2, 0.25) is 0 Å². The summed E-state index contributed by atoms with van der Waals surface area (Å²) in [4.78, 5) is 26.0. The Morgan fingerprint density at radius 3 is 2.30 bits per heavy atom. The van der Waals surface area contributed by atoms with Crippen LogP contribution in [0.3, 0.4) is 0 Å². The van der Waals surface area contributed by atoms with E-state index in [9.17, 15) is 9.59 Å². The molecule has 0 radical (unpaired) electrons. The van der Waals surface area contributed by atoms with Gasteiger partial charge in [-0.05, 0) is 30.4 Å². The lowest BCUT2D eigenvalue weighted by molar-refractivity contribution is -0.135. The minimum atomic E-state index is -0.421. The van der Waals surface area contributed by atoms with Crippen LogP contribution in [0.1, 0.15) is 42.5 Å². The lowest BCUT2D eigenvalue weighted by Gasteiger charge is -2.34. The molecule has 2 aromatic carbocycles. The predicted octanol–water partition coefficient (Wildman–Crippen LogP) is 3.24. The van der Waals surface area contributed by atoms with Gasteiger partial charge in [-0.25, -0.2) is 0 Å². The first-order chi connectivity index (χ1) is 13.2. The molecule has 3 rings (SSSR count). The number of nitrogens with one attached hydrogen (secondary N) is 1. The zero-order chi connectivity index (χ0) is 19.1. The van der Waals surface area contributed by atoms with Crippen LogP contribution in [0.5, 0.6) is 0 Å². The highest BCUT2D eigenvalue weighted by Gasteiger charge is 2.32. The normalized spacial score (nSPS) is 19.1. The van der Waals surface area contributed by atoms with Crippen molar-refractivity contribution in [2.75, 3.05) is 13.7 Å². The number of hydrogen-bond donors (Lipinski definition) is 1. The van der Waals surface area contributed by atoms with Gasteiger partial charge in [0.05, 0.1) is 6.04 Å². The molecule has 2 aromatic rings. The molecule has 0 spiro atoms. The van der Waals surface area contributed by atoms with E-state index in [-0.39, 0.29) is 18.1 Å². The Hall–Kier alpha value is -2.66. The van der Waals surface area contributed by atoms with E-state index in [0.29, 0.717) is 13.0 Å². The van der Waals surface area contributed by atoms with Gasteiger partial charge in [-0.3, -0.25) is 9.59 Å². The summed E-state index contributed by atoms with van der Waals surface area (Å²) in [5.41, 5.74) is 1.96. The highest BCUT2D eigenvalue weighted by Crippen LogP contribution is 2.32. The average molecular weight is 366 g/mol. The predicted molar refractivity (Wildman–Crippen MR) is 104 cm³/mol. The maximum atomic E-state index is 13.0. The van der Waals surface area contributed by atoms with Crippen LogP contribution in [0.4, 0.5) is 0 Å². The topological polar surface area (TPSA) is 58.6 Å². The molecule has 1 saturated heterocycles. The van der Waals surface area contributed by atoms with Gasteiger partial charge in [0.25, 0.3) is 0 Å². The molecule has 0 bridgehead atoms. The minimum Gasteiger partial charge on any atom is -0.374 e. The molecule has 5 heteroatoms. The number of carbonyl (C=O) groups is 2. The third kappa shape index (κ3) is 4.55. The molecule has 1 heterocycles. The van der Waals surface area contributed by atoms with Crippen molar-refractivity contribution in [1.29, 1.82) is 0 Å². The van der Waals surface area contributed by atoms with Crippen LogP contribution in [-0.4, -0.2) is 36.9 Å². The fourth-order valence-corrected chi connectivity index (χ4v) is 3.71. The number of amides is 2. The van der Waals surface area contributed by atoms with Crippen molar-refractivity contribution in [2.24, 2.45) is 0 Å². The number of ether oxygens (including phenoxy) is 1. The zero-order valence-electron chi connectivity index (χ0n) is 15.6. The Morgan fingerprint density at radius 2 is 1.70 bits per heavy atom. The van der Waals surface area contributed by atoms with Crippen molar-refractivity contribution < 1.29 is 14.3 Å². The number of hydrogen-bond acceptors (Lipinski definition) is 3. The molecule has 3 atom stereocenters. The molecule has 1 fully saturated rings. The third-order valence-corrected chi connectivity index (χ3v) is 5.12. The zero-order valence-corrected chi connectivity index (χ0v) is 15.6. The molecule has 1 aliphatic rings. The molecular formula is C22H26N2O3. The second-order valence-corrected chi connectivity index (χ2v) is 6.82. The Labute approximate surface area is 160 Å². The van der Waals surface area contributed by atoms with Gasteiger partial charge in [-0.1, -0.05) is 60.7 Å². The molecule has 0 aromatic heterocycles. The number of carbonyl (C=O) groups excluding carboxylic acids is 2. The summed E-state index contributed by atoms with van der Waals surface area (Å²) in [5, 5.41) is 3.15. The molecule has 0 aliphatic carbocycles. The molecule has 142 valence electrons. The quantitative estimate of drug-likeness (QED) is 0.766. The van der Waals surface area contributed by atoms with Crippen molar-refractivity contribution in [3.8, 4) is 0 Å². The van der Waals surface area contributed by atoms with Gasteiger partial charge in [0, 0.05) is 13.7 Å². The van der Waals surface area contributed by atoms with E-state index < -0.39 is 6.04 Å². The summed E-state index contributed by atoms with van der Waals surface area (Å²) in [6.07, 6.45) is 3.03. The molecule has 0 saturated carbocycles. The summed E-state index contributed by atoms with van der Waals surface area (Å²) in [5.74, 6) is -0.131. The average Bonchev–Trinajstić information content (AvgIpc) is 2.74. The number of benzene rings is 2. The third-order valence-electron chi connectivity index (χ3n) is 5.12. The maximum Gasteiger partial charge on any atom is 0.243 e. The van der Waals surface area contributed by atoms with Crippen molar-refractivity contribution in [1.82, 2.24) is 10.2 Å². The number of nitrogens with zero attached hydrogens (tertiary/aromatic N) is 1. The Morgan fingerprint density at radius 1 is 1.07 bits per heavy atom. The number of likely N-dealkylation sites (tertiary alicyclic amines) is 1. The summed E-state index contributed by atoms with van der Waals surface area (Å²) >= 11 is 0. The van der Waals surface area contributed by atoms with Crippen molar-refractivity contribution in [2.45, 2.75) is 37.5 Å². The highest BCUT2D eigenvalue weighted by atomic mass is 16.5. The molecule has 0 unspecified atom stereocenters. The van der Waals surface area contributed by atoms with Crippen LogP contribution in [0.25, 0.3) is 0 Å². The van der Waals surface area contributed by atoms with E-state index in [2.05, 4.69) is 5.32 Å². The fourth-order valence-electron chi connectivity index (χ4n) is 3.71. The van der Waals surface area contributed by atoms with Gasteiger partial charge in [-0.2, -0.15) is 0 Å². The van der Waals surface area contributed by atoms with Gasteiger partial charge in [0.1, 0.15) is 12.1 Å². The van der Waals surface area contributed by atoms with E-state index >= 15 is 0 Å². The van der Waals surface area contributed by atoms with Gasteiger partial charge >= 0.3 is 0 Å². The molecule has 2 amide bonds. The first-order valence-electron chi connectivity index (χ1n) is 9.38. The molecular weight excluding hydrogens is 340 g/mol. The summed E-state index contributed by atoms with van der Waals surface area (Å²) in [6.45, 7) is 0.629. The van der Waals surface area contributed by atoms with Crippen molar-refractivity contribution in [3.05, 3.63) is 71.8 Å². The maximum absolute atomic E-state index is 13.0. The summed E-state index contributed by atoms with van der Waals surface area (Å²) < 4.78 is 5.80. The lowest BCUT2D eigenvalue weighted by atomic mass is 9.94. The summed E-state index contributed by atoms with van der Waals surface area (Å²) in [7, 11) is 1.65. The monoisotopic (exact) mass is 366 g/mol. The summed E-state index contributed by atoms with van der Waals surface area (Å²) in [6, 6.07) is 18.9. The second-order valence-electron chi connectivity index (χ2n) is 6.82. The van der Waals surface area contributed by atoms with Gasteiger partial charge < -0.3 is 15.0 Å². The number of rotatable bonds is 7. The second kappa shape index (κ2) is 9.33. The largest absolute Gasteiger partial charge is 0.374 e. The van der Waals surface area contributed by atoms with E-state index in [0.717, 1.165) is 30.4 Å². The standard InChI is InChI=1S/C22H26N2O3/c1-27-21(18-12-6-3-7-13-18)20(17-10-4-2-5-11-17)23-22(26)19-14-8-9-15-24(19)16-25/h2-7,10-13,16,19-21H,8-9,14-15H2,1H3,(H,23,26)/t19-,20-,21-/m0/s1. The first-order valence-corrected chi connectivity index (χ1v) is 9.38. The lowest BCUT2D eigenvalue weighted by Crippen LogP contribution is -2.50. The number of methoxy groups -OCH3 is 1. The van der Waals surface area contributed by atoms with Crippen LogP contribution < -0.4 is 5.32 Å². The highest BCUT2D eigenvalue weighted by molar-refractivity contribution is 5.84. The minimum absolute atomic E-state index is 0.131. The van der Waals surface area contributed by atoms with Crippen molar-refractivity contribution >= 4 is 12.3 Å². The Balaban J connectivity index is 1.88.